The van der Waals surface area contributed by atoms with Crippen LogP contribution in [-0.4, -0.2) is 10.5 Å². The van der Waals surface area contributed by atoms with Gasteiger partial charge in [0.2, 0.25) is 5.91 Å². The van der Waals surface area contributed by atoms with Crippen LogP contribution in [0.15, 0.2) is 30.5 Å². The number of primary amides is 1. The minimum Gasteiger partial charge on any atom is -0.368 e. The molecule has 0 aliphatic carbocycles. The van der Waals surface area contributed by atoms with Crippen LogP contribution in [0.1, 0.15) is 0 Å². The molecule has 65 valence electrons. The molecule has 3 nitrogen and oxygen atoms in total. The molecule has 0 saturated heterocycles. The zero-order valence-electron chi connectivity index (χ0n) is 7.03. The van der Waals surface area contributed by atoms with Crippen LogP contribution in [-0.2, 0) is 11.3 Å². The fourth-order valence-electron chi connectivity index (χ4n) is 1.36. The summed E-state index contributed by atoms with van der Waals surface area (Å²) in [5, 5.41) is 1.00. The molecule has 1 aromatic carbocycles. The Hall–Kier alpha value is -1.77. The zero-order valence-corrected chi connectivity index (χ0v) is 7.03. The van der Waals surface area contributed by atoms with E-state index in [9.17, 15) is 4.79 Å². The molecule has 0 bridgehead atoms. The minimum atomic E-state index is -0.338. The predicted octanol–water partition coefficient (Wildman–Crippen LogP) is 0.927. The van der Waals surface area contributed by atoms with Gasteiger partial charge in [-0.25, -0.2) is 0 Å². The lowest BCUT2D eigenvalue weighted by Gasteiger charge is -2.00. The summed E-state index contributed by atoms with van der Waals surface area (Å²) in [5.41, 5.74) is 6.09. The number of hydrogen-bond acceptors (Lipinski definition) is 1. The largest absolute Gasteiger partial charge is 0.368 e. The van der Waals surface area contributed by atoms with Gasteiger partial charge in [0, 0.05) is 23.2 Å². The van der Waals surface area contributed by atoms with Gasteiger partial charge in [-0.05, 0) is 6.07 Å². The Morgan fingerprint density at radius 2 is 2.23 bits per heavy atom. The topological polar surface area (TPSA) is 48.0 Å². The van der Waals surface area contributed by atoms with Gasteiger partial charge >= 0.3 is 0 Å². The lowest BCUT2D eigenvalue weighted by atomic mass is 10.2. The Morgan fingerprint density at radius 1 is 1.46 bits per heavy atom. The summed E-state index contributed by atoms with van der Waals surface area (Å²) in [5.74, 6) is -0.338. The third-order valence-electron chi connectivity index (χ3n) is 1.92. The van der Waals surface area contributed by atoms with E-state index in [1.807, 2.05) is 24.3 Å². The van der Waals surface area contributed by atoms with Crippen LogP contribution >= 0.6 is 0 Å². The van der Waals surface area contributed by atoms with E-state index in [4.69, 9.17) is 5.73 Å². The molecule has 3 heteroatoms. The Labute approximate surface area is 75.8 Å². The van der Waals surface area contributed by atoms with Crippen LogP contribution in [0.4, 0.5) is 0 Å². The van der Waals surface area contributed by atoms with Crippen molar-refractivity contribution in [2.75, 3.05) is 0 Å². The van der Waals surface area contributed by atoms with E-state index in [-0.39, 0.29) is 12.5 Å². The second-order valence-electron chi connectivity index (χ2n) is 2.88. The van der Waals surface area contributed by atoms with Gasteiger partial charge in [-0.3, -0.25) is 4.79 Å². The first kappa shape index (κ1) is 7.86. The number of nitrogens with zero attached hydrogens (tertiary/aromatic N) is 1. The number of amides is 1. The maximum absolute atomic E-state index is 10.7. The number of aromatic nitrogens is 1. The fourth-order valence-corrected chi connectivity index (χ4v) is 1.36. The third kappa shape index (κ3) is 1.40. The van der Waals surface area contributed by atoms with Crippen molar-refractivity contribution >= 4 is 16.8 Å². The van der Waals surface area contributed by atoms with Gasteiger partial charge in [-0.1, -0.05) is 18.2 Å². The first-order valence-corrected chi connectivity index (χ1v) is 4.01. The molecule has 0 aliphatic rings. The standard InChI is InChI=1S/C10H9N2O/c11-10(13)7-12-6-5-8-3-1-2-4-9(8)12/h1-4,6H,7H2,(H2,11,13). The van der Waals surface area contributed by atoms with E-state index in [0.717, 1.165) is 10.9 Å². The smallest absolute Gasteiger partial charge is 0.237 e. The van der Waals surface area contributed by atoms with E-state index in [0.29, 0.717) is 0 Å². The van der Waals surface area contributed by atoms with E-state index < -0.39 is 0 Å². The molecule has 0 aliphatic heterocycles. The number of rotatable bonds is 2. The summed E-state index contributed by atoms with van der Waals surface area (Å²) in [4.78, 5) is 10.7. The van der Waals surface area contributed by atoms with Crippen molar-refractivity contribution in [1.82, 2.24) is 4.57 Å². The number of benzene rings is 1. The fraction of sp³-hybridized carbons (Fsp3) is 0.100. The Balaban J connectivity index is 2.51. The molecule has 2 rings (SSSR count). The average Bonchev–Trinajstić information content (AvgIpc) is 2.48. The van der Waals surface area contributed by atoms with Gasteiger partial charge < -0.3 is 10.3 Å². The summed E-state index contributed by atoms with van der Waals surface area (Å²) in [7, 11) is 0. The number of hydrogen-bond donors (Lipinski definition) is 1. The molecule has 2 N–H and O–H groups in total. The molecule has 1 amide bonds. The number of carbonyl (C=O) groups is 1. The van der Waals surface area contributed by atoms with Crippen LogP contribution in [0.5, 0.6) is 0 Å². The highest BCUT2D eigenvalue weighted by molar-refractivity contribution is 5.82. The van der Waals surface area contributed by atoms with Gasteiger partial charge in [-0.2, -0.15) is 0 Å². The van der Waals surface area contributed by atoms with E-state index in [1.165, 1.54) is 0 Å². The van der Waals surface area contributed by atoms with Gasteiger partial charge in [0.1, 0.15) is 6.54 Å². The second-order valence-corrected chi connectivity index (χ2v) is 2.88. The minimum absolute atomic E-state index is 0.212. The first-order chi connectivity index (χ1) is 6.27. The monoisotopic (exact) mass is 173 g/mol. The van der Waals surface area contributed by atoms with Crippen molar-refractivity contribution < 1.29 is 4.79 Å². The molecular weight excluding hydrogens is 164 g/mol. The van der Waals surface area contributed by atoms with Crippen molar-refractivity contribution in [1.29, 1.82) is 0 Å². The zero-order chi connectivity index (χ0) is 9.26. The van der Waals surface area contributed by atoms with Crippen molar-refractivity contribution in [2.24, 2.45) is 5.73 Å². The molecule has 0 unspecified atom stereocenters. The number of nitrogens with two attached hydrogens (primary N) is 1. The second kappa shape index (κ2) is 2.94. The number of carbonyl (C=O) groups excluding carboxylic acids is 1. The molecule has 0 fully saturated rings. The molecule has 13 heavy (non-hydrogen) atoms. The molecule has 0 saturated carbocycles. The van der Waals surface area contributed by atoms with Crippen LogP contribution in [0, 0.1) is 6.07 Å². The molecule has 1 heterocycles. The predicted molar refractivity (Wildman–Crippen MR) is 50.0 cm³/mol. The summed E-state index contributed by atoms with van der Waals surface area (Å²) in [6.07, 6.45) is 1.75. The van der Waals surface area contributed by atoms with Crippen LogP contribution < -0.4 is 5.73 Å². The molecule has 1 radical (unpaired) electrons. The van der Waals surface area contributed by atoms with Crippen LogP contribution in [0.2, 0.25) is 0 Å². The summed E-state index contributed by atoms with van der Waals surface area (Å²) in [6, 6.07) is 10.8. The lowest BCUT2D eigenvalue weighted by molar-refractivity contribution is -0.118. The quantitative estimate of drug-likeness (QED) is 0.721. The average molecular weight is 173 g/mol. The highest BCUT2D eigenvalue weighted by Crippen LogP contribution is 2.13. The molecule has 1 aromatic heterocycles. The first-order valence-electron chi connectivity index (χ1n) is 4.01. The Kier molecular flexibility index (Phi) is 1.77. The highest BCUT2D eigenvalue weighted by atomic mass is 16.1. The summed E-state index contributed by atoms with van der Waals surface area (Å²) >= 11 is 0. The summed E-state index contributed by atoms with van der Waals surface area (Å²) in [6.45, 7) is 0.212. The molecule has 0 spiro atoms. The van der Waals surface area contributed by atoms with Crippen molar-refractivity contribution in [2.45, 2.75) is 6.54 Å². The van der Waals surface area contributed by atoms with E-state index in [1.54, 1.807) is 10.8 Å². The summed E-state index contributed by atoms with van der Waals surface area (Å²) < 4.78 is 1.79. The molecule has 2 aromatic rings. The maximum Gasteiger partial charge on any atom is 0.237 e. The lowest BCUT2D eigenvalue weighted by Crippen LogP contribution is -2.17. The highest BCUT2D eigenvalue weighted by Gasteiger charge is 2.01. The van der Waals surface area contributed by atoms with Gasteiger partial charge in [0.15, 0.2) is 0 Å². The van der Waals surface area contributed by atoms with Crippen molar-refractivity contribution in [3.8, 4) is 0 Å². The van der Waals surface area contributed by atoms with Crippen LogP contribution in [0.25, 0.3) is 10.9 Å². The van der Waals surface area contributed by atoms with Crippen molar-refractivity contribution in [3.05, 3.63) is 36.5 Å². The molecule has 0 atom stereocenters. The van der Waals surface area contributed by atoms with Gasteiger partial charge in [0.25, 0.3) is 0 Å². The van der Waals surface area contributed by atoms with Crippen molar-refractivity contribution in [3.63, 3.8) is 0 Å². The van der Waals surface area contributed by atoms with E-state index in [2.05, 4.69) is 6.07 Å². The van der Waals surface area contributed by atoms with Gasteiger partial charge in [0.05, 0.1) is 0 Å². The Morgan fingerprint density at radius 3 is 3.00 bits per heavy atom. The number of para-hydroxylation sites is 1. The normalized spacial score (nSPS) is 10.5. The maximum atomic E-state index is 10.7. The molecular formula is C10H9N2O. The third-order valence-corrected chi connectivity index (χ3v) is 1.92. The van der Waals surface area contributed by atoms with E-state index >= 15 is 0 Å². The number of fused-ring (bicyclic) bond motifs is 1. The Bertz CT molecular complexity index is 445. The SMILES string of the molecule is NC(=O)Cn1c[c]c2ccccc21. The van der Waals surface area contributed by atoms with Gasteiger partial charge in [-0.15, -0.1) is 0 Å². The van der Waals surface area contributed by atoms with Crippen LogP contribution in [0.3, 0.4) is 0 Å².